The van der Waals surface area contributed by atoms with Crippen molar-refractivity contribution in [3.63, 3.8) is 0 Å². The summed E-state index contributed by atoms with van der Waals surface area (Å²) in [7, 11) is 0. The van der Waals surface area contributed by atoms with Gasteiger partial charge < -0.3 is 30.0 Å². The van der Waals surface area contributed by atoms with Crippen LogP contribution >= 0.6 is 0 Å². The minimum Gasteiger partial charge on any atom is -0.493 e. The van der Waals surface area contributed by atoms with Crippen LogP contribution in [0.2, 0.25) is 0 Å². The molecule has 0 aliphatic carbocycles. The van der Waals surface area contributed by atoms with E-state index >= 15 is 0 Å². The minimum absolute atomic E-state index is 0.110. The number of aliphatic hydroxyl groups excluding tert-OH is 1. The fourth-order valence-corrected chi connectivity index (χ4v) is 6.60. The van der Waals surface area contributed by atoms with E-state index in [1.165, 1.54) is 12.1 Å². The summed E-state index contributed by atoms with van der Waals surface area (Å²) >= 11 is 0. The van der Waals surface area contributed by atoms with Crippen LogP contribution in [0.3, 0.4) is 0 Å². The van der Waals surface area contributed by atoms with Gasteiger partial charge in [-0.3, -0.25) is 19.3 Å². The van der Waals surface area contributed by atoms with Crippen LogP contribution in [0, 0.1) is 5.82 Å². The number of hydrogen-bond acceptors (Lipinski definition) is 8. The van der Waals surface area contributed by atoms with E-state index in [2.05, 4.69) is 15.5 Å². The molecule has 1 atom stereocenters. The average Bonchev–Trinajstić information content (AvgIpc) is 3.42. The summed E-state index contributed by atoms with van der Waals surface area (Å²) in [6.45, 7) is 7.48. The number of carbonyl (C=O) groups excluding carboxylic acids is 3. The molecule has 0 aromatic heterocycles. The van der Waals surface area contributed by atoms with Gasteiger partial charge in [0.25, 0.3) is 5.91 Å². The molecule has 3 N–H and O–H groups in total. The van der Waals surface area contributed by atoms with Gasteiger partial charge in [-0.05, 0) is 73.4 Å². The minimum atomic E-state index is -0.517. The van der Waals surface area contributed by atoms with E-state index in [-0.39, 0.29) is 49.1 Å². The number of benzene rings is 3. The Labute approximate surface area is 286 Å². The third kappa shape index (κ3) is 9.16. The Morgan fingerprint density at radius 3 is 2.22 bits per heavy atom. The summed E-state index contributed by atoms with van der Waals surface area (Å²) < 4.78 is 31.8. The van der Waals surface area contributed by atoms with Crippen LogP contribution in [-0.4, -0.2) is 79.4 Å². The zero-order valence-electron chi connectivity index (χ0n) is 28.3. The van der Waals surface area contributed by atoms with Crippen molar-refractivity contribution in [3.05, 3.63) is 83.2 Å². The van der Waals surface area contributed by atoms with Gasteiger partial charge in [0.1, 0.15) is 22.9 Å². The Bertz CT molecular complexity index is 1560. The molecule has 1 unspecified atom stereocenters. The number of esters is 1. The van der Waals surface area contributed by atoms with Crippen LogP contribution in [0.4, 0.5) is 4.39 Å². The number of halogens is 1. The van der Waals surface area contributed by atoms with E-state index < -0.39 is 5.60 Å². The largest absolute Gasteiger partial charge is 0.493 e. The summed E-state index contributed by atoms with van der Waals surface area (Å²) in [6, 6.07) is 17.5. The molecule has 1 spiro atoms. The number of piperidine rings is 1. The van der Waals surface area contributed by atoms with Gasteiger partial charge in [0.05, 0.1) is 31.3 Å². The predicted molar refractivity (Wildman–Crippen MR) is 183 cm³/mol. The van der Waals surface area contributed by atoms with E-state index in [4.69, 9.17) is 19.3 Å². The van der Waals surface area contributed by atoms with Crippen molar-refractivity contribution < 1.29 is 38.1 Å². The number of carbonyl (C=O) groups is 3. The number of nitrogens with zero attached hydrogens (tertiary/aromatic N) is 1. The van der Waals surface area contributed by atoms with Gasteiger partial charge in [-0.1, -0.05) is 24.3 Å². The molecule has 3 aromatic rings. The standard InChI is InChI=1S/C38H46FN3O7/c1-3-47-32-22-26(23-33(48-4-2)35(32)28-11-13-30(39)14-12-28)25-42-19-15-38(16-20-42)24-31(37(46)49-38)27-7-9-29(10-8-27)36(45)41-17-5-6-34(44)40-18-21-43/h7-14,22-23,31,43H,3-6,15-21,24-25H2,1-2H3,(H,40,44)(H,41,45). The van der Waals surface area contributed by atoms with E-state index in [9.17, 15) is 18.8 Å². The van der Waals surface area contributed by atoms with E-state index in [1.807, 2.05) is 38.1 Å². The topological polar surface area (TPSA) is 126 Å². The average molecular weight is 676 g/mol. The second-order valence-electron chi connectivity index (χ2n) is 12.5. The molecule has 2 aliphatic heterocycles. The normalized spacial score (nSPS) is 17.1. The highest BCUT2D eigenvalue weighted by Crippen LogP contribution is 2.45. The van der Waals surface area contributed by atoms with Crippen molar-refractivity contribution in [2.45, 2.75) is 64.0 Å². The van der Waals surface area contributed by atoms with Gasteiger partial charge in [0.2, 0.25) is 5.91 Å². The van der Waals surface area contributed by atoms with E-state index in [0.29, 0.717) is 56.2 Å². The van der Waals surface area contributed by atoms with Gasteiger partial charge in [-0.2, -0.15) is 0 Å². The lowest BCUT2D eigenvalue weighted by Crippen LogP contribution is -2.43. The van der Waals surface area contributed by atoms with E-state index in [0.717, 1.165) is 48.2 Å². The summed E-state index contributed by atoms with van der Waals surface area (Å²) in [4.78, 5) is 39.7. The first-order valence-electron chi connectivity index (χ1n) is 17.1. The van der Waals surface area contributed by atoms with Crippen molar-refractivity contribution in [2.75, 3.05) is 46.0 Å². The third-order valence-corrected chi connectivity index (χ3v) is 9.08. The summed E-state index contributed by atoms with van der Waals surface area (Å²) in [5.74, 6) is 0.0573. The second kappa shape index (κ2) is 16.8. The van der Waals surface area contributed by atoms with Gasteiger partial charge >= 0.3 is 5.97 Å². The van der Waals surface area contributed by atoms with Gasteiger partial charge in [-0.15, -0.1) is 0 Å². The molecule has 49 heavy (non-hydrogen) atoms. The van der Waals surface area contributed by atoms with Crippen molar-refractivity contribution >= 4 is 17.8 Å². The highest BCUT2D eigenvalue weighted by atomic mass is 19.1. The van der Waals surface area contributed by atoms with Gasteiger partial charge in [0.15, 0.2) is 0 Å². The van der Waals surface area contributed by atoms with Crippen molar-refractivity contribution in [1.82, 2.24) is 15.5 Å². The summed E-state index contributed by atoms with van der Waals surface area (Å²) in [6.07, 6.45) is 2.79. The monoisotopic (exact) mass is 675 g/mol. The molecule has 0 radical (unpaired) electrons. The van der Waals surface area contributed by atoms with Gasteiger partial charge in [0, 0.05) is 64.0 Å². The number of hydrogen-bond donors (Lipinski definition) is 3. The number of nitrogens with one attached hydrogen (secondary N) is 2. The van der Waals surface area contributed by atoms with Crippen molar-refractivity contribution in [3.8, 4) is 22.6 Å². The molecule has 2 heterocycles. The first-order chi connectivity index (χ1) is 23.7. The fourth-order valence-electron chi connectivity index (χ4n) is 6.60. The molecule has 0 bridgehead atoms. The van der Waals surface area contributed by atoms with Crippen LogP contribution in [0.15, 0.2) is 60.7 Å². The molecule has 262 valence electrons. The number of amides is 2. The zero-order valence-corrected chi connectivity index (χ0v) is 28.3. The maximum absolute atomic E-state index is 13.7. The Morgan fingerprint density at radius 2 is 1.61 bits per heavy atom. The van der Waals surface area contributed by atoms with E-state index in [1.54, 1.807) is 24.3 Å². The van der Waals surface area contributed by atoms with Crippen LogP contribution in [0.25, 0.3) is 11.1 Å². The molecular weight excluding hydrogens is 629 g/mol. The van der Waals surface area contributed by atoms with Crippen LogP contribution < -0.4 is 20.1 Å². The number of likely N-dealkylation sites (tertiary alicyclic amines) is 1. The first-order valence-corrected chi connectivity index (χ1v) is 17.1. The molecule has 2 saturated heterocycles. The second-order valence-corrected chi connectivity index (χ2v) is 12.5. The summed E-state index contributed by atoms with van der Waals surface area (Å²) in [5.41, 5.74) is 3.46. The zero-order chi connectivity index (χ0) is 34.8. The SMILES string of the molecule is CCOc1cc(CN2CCC3(CC2)CC(c2ccc(C(=O)NCCCC(=O)NCCO)cc2)C(=O)O3)cc(OCC)c1-c1ccc(F)cc1. The Morgan fingerprint density at radius 1 is 0.959 bits per heavy atom. The van der Waals surface area contributed by atoms with Crippen LogP contribution in [-0.2, 0) is 20.9 Å². The van der Waals surface area contributed by atoms with Crippen molar-refractivity contribution in [2.24, 2.45) is 0 Å². The lowest BCUT2D eigenvalue weighted by atomic mass is 9.83. The number of aliphatic hydroxyl groups is 1. The molecule has 2 amide bonds. The molecule has 2 aliphatic rings. The number of ether oxygens (including phenoxy) is 3. The summed E-state index contributed by atoms with van der Waals surface area (Å²) in [5, 5.41) is 14.2. The molecule has 5 rings (SSSR count). The lowest BCUT2D eigenvalue weighted by molar-refractivity contribution is -0.152. The fraction of sp³-hybridized carbons (Fsp3) is 0.447. The van der Waals surface area contributed by atoms with Gasteiger partial charge in [-0.25, -0.2) is 4.39 Å². The Hall–Kier alpha value is -4.48. The molecular formula is C38H46FN3O7. The smallest absolute Gasteiger partial charge is 0.314 e. The van der Waals surface area contributed by atoms with Crippen LogP contribution in [0.5, 0.6) is 11.5 Å². The molecule has 11 heteroatoms. The highest BCUT2D eigenvalue weighted by Gasteiger charge is 2.48. The maximum Gasteiger partial charge on any atom is 0.314 e. The predicted octanol–water partition coefficient (Wildman–Crippen LogP) is 4.97. The highest BCUT2D eigenvalue weighted by molar-refractivity contribution is 5.94. The molecule has 3 aromatic carbocycles. The van der Waals surface area contributed by atoms with Crippen LogP contribution in [0.1, 0.15) is 73.4 Å². The Kier molecular flexibility index (Phi) is 12.2. The van der Waals surface area contributed by atoms with Crippen molar-refractivity contribution in [1.29, 1.82) is 0 Å². The number of rotatable bonds is 15. The third-order valence-electron chi connectivity index (χ3n) is 9.08. The maximum atomic E-state index is 13.7. The molecule has 0 saturated carbocycles. The Balaban J connectivity index is 1.17. The first kappa shape index (κ1) is 35.8. The lowest BCUT2D eigenvalue weighted by Gasteiger charge is -2.38. The molecule has 10 nitrogen and oxygen atoms in total. The molecule has 2 fully saturated rings. The quantitative estimate of drug-likeness (QED) is 0.152.